The summed E-state index contributed by atoms with van der Waals surface area (Å²) >= 11 is 1.32. The Morgan fingerprint density at radius 1 is 1.20 bits per heavy atom. The van der Waals surface area contributed by atoms with Gasteiger partial charge in [-0.3, -0.25) is 10.1 Å². The van der Waals surface area contributed by atoms with Crippen molar-refractivity contribution < 1.29 is 9.21 Å². The Hall–Kier alpha value is -3.24. The third kappa shape index (κ3) is 4.00. The summed E-state index contributed by atoms with van der Waals surface area (Å²) in [5, 5.41) is 15.3. The fraction of sp³-hybridized carbons (Fsp3) is 0.0556. The molecule has 124 valence electrons. The molecule has 0 spiro atoms. The highest BCUT2D eigenvalue weighted by Gasteiger charge is 2.12. The number of carbonyl (C=O) groups excluding carboxylic acids is 1. The van der Waals surface area contributed by atoms with E-state index in [-0.39, 0.29) is 11.7 Å². The summed E-state index contributed by atoms with van der Waals surface area (Å²) in [6.07, 6.45) is 3.65. The zero-order valence-electron chi connectivity index (χ0n) is 13.3. The number of carbonyl (C=O) groups is 1. The van der Waals surface area contributed by atoms with Gasteiger partial charge in [0, 0.05) is 11.1 Å². The minimum atomic E-state index is -0.336. The van der Waals surface area contributed by atoms with Crippen LogP contribution in [0.3, 0.4) is 0 Å². The van der Waals surface area contributed by atoms with Crippen LogP contribution in [-0.2, 0) is 0 Å². The maximum absolute atomic E-state index is 12.4. The van der Waals surface area contributed by atoms with Crippen LogP contribution in [-0.4, -0.2) is 17.3 Å². The Labute approximate surface area is 148 Å². The molecular weight excluding hydrogens is 336 g/mol. The van der Waals surface area contributed by atoms with Crippen LogP contribution < -0.4 is 10.6 Å². The van der Waals surface area contributed by atoms with Crippen LogP contribution in [0, 0.1) is 11.5 Å². The highest BCUT2D eigenvalue weighted by atomic mass is 32.2. The van der Waals surface area contributed by atoms with Gasteiger partial charge in [0.05, 0.1) is 5.69 Å². The highest BCUT2D eigenvalue weighted by Crippen LogP contribution is 2.22. The first-order valence-corrected chi connectivity index (χ1v) is 8.60. The molecule has 1 amide bonds. The summed E-state index contributed by atoms with van der Waals surface area (Å²) in [6, 6.07) is 16.2. The minimum Gasteiger partial charge on any atom is -0.451 e. The molecule has 0 unspecified atom stereocenters. The largest absolute Gasteiger partial charge is 0.451 e. The highest BCUT2D eigenvalue weighted by molar-refractivity contribution is 8.13. The molecule has 6 nitrogen and oxygen atoms in total. The van der Waals surface area contributed by atoms with Crippen LogP contribution in [0.2, 0.25) is 0 Å². The first-order chi connectivity index (χ1) is 12.2. The molecule has 0 aliphatic carbocycles. The number of benzene rings is 2. The lowest BCUT2D eigenvalue weighted by Gasteiger charge is -2.05. The van der Waals surface area contributed by atoms with E-state index in [1.807, 2.05) is 36.7 Å². The van der Waals surface area contributed by atoms with Crippen molar-refractivity contribution in [2.24, 2.45) is 4.99 Å². The second-order valence-corrected chi connectivity index (χ2v) is 5.81. The zero-order chi connectivity index (χ0) is 17.6. The minimum absolute atomic E-state index is 0.242. The van der Waals surface area contributed by atoms with Gasteiger partial charge in [0.15, 0.2) is 17.1 Å². The molecule has 3 rings (SSSR count). The zero-order valence-corrected chi connectivity index (χ0v) is 14.1. The van der Waals surface area contributed by atoms with Crippen molar-refractivity contribution in [3.63, 3.8) is 0 Å². The van der Waals surface area contributed by atoms with Gasteiger partial charge < -0.3 is 9.73 Å². The lowest BCUT2D eigenvalue weighted by Crippen LogP contribution is -2.12. The number of amidine groups is 1. The number of thioether (sulfide) groups is 1. The molecule has 25 heavy (non-hydrogen) atoms. The van der Waals surface area contributed by atoms with Gasteiger partial charge in [0.2, 0.25) is 0 Å². The average Bonchev–Trinajstić information content (AvgIpc) is 3.06. The van der Waals surface area contributed by atoms with Crippen molar-refractivity contribution in [2.45, 2.75) is 0 Å². The molecule has 0 saturated heterocycles. The SMILES string of the molecule is CSC(=Nc1cccc(NC(=O)c2cc3ccccc3o2)c1)NC#N. The molecule has 3 aromatic rings. The smallest absolute Gasteiger partial charge is 0.291 e. The van der Waals surface area contributed by atoms with Crippen LogP contribution in [0.1, 0.15) is 10.6 Å². The van der Waals surface area contributed by atoms with E-state index in [0.29, 0.717) is 22.1 Å². The van der Waals surface area contributed by atoms with Crippen LogP contribution >= 0.6 is 11.8 Å². The van der Waals surface area contributed by atoms with Gasteiger partial charge in [-0.2, -0.15) is 5.26 Å². The Balaban J connectivity index is 1.79. The summed E-state index contributed by atoms with van der Waals surface area (Å²) in [7, 11) is 0. The molecule has 1 aromatic heterocycles. The molecule has 0 bridgehead atoms. The predicted molar refractivity (Wildman–Crippen MR) is 100.0 cm³/mol. The van der Waals surface area contributed by atoms with E-state index >= 15 is 0 Å². The number of nitrogens with one attached hydrogen (secondary N) is 2. The summed E-state index contributed by atoms with van der Waals surface area (Å²) < 4.78 is 5.56. The molecule has 0 saturated carbocycles. The normalized spacial score (nSPS) is 11.1. The predicted octanol–water partition coefficient (Wildman–Crippen LogP) is 4.11. The lowest BCUT2D eigenvalue weighted by atomic mass is 10.2. The van der Waals surface area contributed by atoms with Gasteiger partial charge in [-0.05, 0) is 36.6 Å². The number of nitrogens with zero attached hydrogens (tertiary/aromatic N) is 2. The summed E-state index contributed by atoms with van der Waals surface area (Å²) in [5.74, 6) is -0.0939. The molecular formula is C18H14N4O2S. The Bertz CT molecular complexity index is 955. The lowest BCUT2D eigenvalue weighted by molar-refractivity contribution is 0.0998. The van der Waals surface area contributed by atoms with Gasteiger partial charge >= 0.3 is 0 Å². The molecule has 2 aromatic carbocycles. The molecule has 2 N–H and O–H groups in total. The number of hydrogen-bond donors (Lipinski definition) is 2. The van der Waals surface area contributed by atoms with E-state index in [9.17, 15) is 4.79 Å². The fourth-order valence-electron chi connectivity index (χ4n) is 2.23. The van der Waals surface area contributed by atoms with Gasteiger partial charge in [-0.15, -0.1) is 0 Å². The van der Waals surface area contributed by atoms with E-state index in [1.165, 1.54) is 11.8 Å². The molecule has 0 atom stereocenters. The molecule has 7 heteroatoms. The number of hydrogen-bond acceptors (Lipinski definition) is 5. The Morgan fingerprint density at radius 2 is 2.04 bits per heavy atom. The third-order valence-corrected chi connectivity index (χ3v) is 3.92. The summed E-state index contributed by atoms with van der Waals surface area (Å²) in [4.78, 5) is 16.7. The average molecular weight is 350 g/mol. The molecule has 0 radical (unpaired) electrons. The molecule has 0 aliphatic rings. The summed E-state index contributed by atoms with van der Waals surface area (Å²) in [5.41, 5.74) is 1.87. The van der Waals surface area contributed by atoms with Crippen molar-refractivity contribution in [1.82, 2.24) is 5.32 Å². The van der Waals surface area contributed by atoms with Crippen LogP contribution in [0.25, 0.3) is 11.0 Å². The van der Waals surface area contributed by atoms with E-state index in [4.69, 9.17) is 9.68 Å². The topological polar surface area (TPSA) is 90.4 Å². The van der Waals surface area contributed by atoms with Crippen molar-refractivity contribution in [3.05, 3.63) is 60.4 Å². The van der Waals surface area contributed by atoms with E-state index in [2.05, 4.69) is 15.6 Å². The standard InChI is InChI=1S/C18H14N4O2S/c1-25-18(20-11-19)22-14-7-4-6-13(10-14)21-17(23)16-9-12-5-2-3-8-15(12)24-16/h2-10H,1H3,(H,20,22)(H,21,23). The molecule has 0 fully saturated rings. The van der Waals surface area contributed by atoms with Crippen molar-refractivity contribution in [2.75, 3.05) is 11.6 Å². The number of aliphatic imine (C=N–C) groups is 1. The van der Waals surface area contributed by atoms with Crippen LogP contribution in [0.15, 0.2) is 64.0 Å². The van der Waals surface area contributed by atoms with Crippen molar-refractivity contribution in [1.29, 1.82) is 5.26 Å². The number of nitriles is 1. The Kier molecular flexibility index (Phi) is 5.02. The van der Waals surface area contributed by atoms with E-state index in [1.54, 1.807) is 30.3 Å². The summed E-state index contributed by atoms with van der Waals surface area (Å²) in [6.45, 7) is 0. The number of anilines is 1. The fourth-order valence-corrected chi connectivity index (χ4v) is 2.57. The van der Waals surface area contributed by atoms with E-state index in [0.717, 1.165) is 5.39 Å². The monoisotopic (exact) mass is 350 g/mol. The number of furan rings is 1. The van der Waals surface area contributed by atoms with Crippen LogP contribution in [0.5, 0.6) is 0 Å². The number of para-hydroxylation sites is 1. The maximum atomic E-state index is 12.4. The number of amides is 1. The van der Waals surface area contributed by atoms with Crippen molar-refractivity contribution in [3.8, 4) is 6.19 Å². The van der Waals surface area contributed by atoms with Gasteiger partial charge in [0.25, 0.3) is 5.91 Å². The van der Waals surface area contributed by atoms with E-state index < -0.39 is 0 Å². The molecule has 1 heterocycles. The van der Waals surface area contributed by atoms with Gasteiger partial charge in [-0.25, -0.2) is 4.99 Å². The Morgan fingerprint density at radius 3 is 2.80 bits per heavy atom. The van der Waals surface area contributed by atoms with Crippen molar-refractivity contribution >= 4 is 45.2 Å². The number of rotatable bonds is 3. The molecule has 0 aliphatic heterocycles. The quantitative estimate of drug-likeness (QED) is 0.321. The maximum Gasteiger partial charge on any atom is 0.291 e. The first kappa shape index (κ1) is 16.6. The van der Waals surface area contributed by atoms with Gasteiger partial charge in [-0.1, -0.05) is 36.0 Å². The van der Waals surface area contributed by atoms with Gasteiger partial charge in [0.1, 0.15) is 5.58 Å². The second-order valence-electron chi connectivity index (χ2n) is 5.01. The third-order valence-electron chi connectivity index (χ3n) is 3.34. The second kappa shape index (κ2) is 7.55. The van der Waals surface area contributed by atoms with Crippen LogP contribution in [0.4, 0.5) is 11.4 Å². The number of fused-ring (bicyclic) bond motifs is 1. The first-order valence-electron chi connectivity index (χ1n) is 7.37.